The number of aryl methyl sites for hydroxylation is 2. The fourth-order valence-corrected chi connectivity index (χ4v) is 3.18. The van der Waals surface area contributed by atoms with Crippen molar-refractivity contribution in [3.05, 3.63) is 27.7 Å². The van der Waals surface area contributed by atoms with Crippen LogP contribution >= 0.6 is 0 Å². The van der Waals surface area contributed by atoms with Gasteiger partial charge in [-0.2, -0.15) is 5.10 Å². The molecule has 1 aliphatic carbocycles. The first-order chi connectivity index (χ1) is 10.0. The molecule has 2 aliphatic rings. The third-order valence-corrected chi connectivity index (χ3v) is 4.62. The number of piperazine rings is 1. The van der Waals surface area contributed by atoms with Gasteiger partial charge in [-0.05, 0) is 31.9 Å². The summed E-state index contributed by atoms with van der Waals surface area (Å²) < 4.78 is 1.38. The third-order valence-electron chi connectivity index (χ3n) is 4.62. The molecule has 1 unspecified atom stereocenters. The summed E-state index contributed by atoms with van der Waals surface area (Å²) >= 11 is 0. The minimum absolute atomic E-state index is 0.00909. The molecule has 1 atom stereocenters. The van der Waals surface area contributed by atoms with Crippen LogP contribution < -0.4 is 5.56 Å². The topological polar surface area (TPSA) is 58.4 Å². The van der Waals surface area contributed by atoms with Gasteiger partial charge in [-0.3, -0.25) is 9.59 Å². The molecule has 0 spiro atoms. The smallest absolute Gasteiger partial charge is 0.266 e. The second-order valence-electron chi connectivity index (χ2n) is 6.15. The van der Waals surface area contributed by atoms with E-state index in [1.165, 1.54) is 4.68 Å². The summed E-state index contributed by atoms with van der Waals surface area (Å²) in [5.41, 5.74) is 1.83. The van der Waals surface area contributed by atoms with E-state index in [4.69, 9.17) is 0 Å². The molecule has 0 aromatic carbocycles. The van der Waals surface area contributed by atoms with Gasteiger partial charge in [0.05, 0.1) is 5.69 Å². The number of carbonyl (C=O) groups excluding carboxylic acids is 1. The summed E-state index contributed by atoms with van der Waals surface area (Å²) in [5, 5.41) is 4.30. The lowest BCUT2D eigenvalue weighted by atomic mass is 9.86. The Hall–Kier alpha value is -1.69. The molecule has 6 nitrogen and oxygen atoms in total. The largest absolute Gasteiger partial charge is 0.340 e. The van der Waals surface area contributed by atoms with Gasteiger partial charge in [-0.25, -0.2) is 4.68 Å². The van der Waals surface area contributed by atoms with Gasteiger partial charge < -0.3 is 9.80 Å². The molecule has 2 heterocycles. The monoisotopic (exact) mass is 290 g/mol. The Balaban J connectivity index is 1.72. The first-order valence-electron chi connectivity index (χ1n) is 7.58. The van der Waals surface area contributed by atoms with Crippen LogP contribution in [0.5, 0.6) is 0 Å². The number of carbonyl (C=O) groups is 1. The molecule has 0 saturated carbocycles. The highest BCUT2D eigenvalue weighted by Gasteiger charge is 2.30. The van der Waals surface area contributed by atoms with Gasteiger partial charge in [0.15, 0.2) is 0 Å². The maximum atomic E-state index is 12.6. The van der Waals surface area contributed by atoms with Crippen LogP contribution in [0.2, 0.25) is 0 Å². The van der Waals surface area contributed by atoms with Gasteiger partial charge in [-0.1, -0.05) is 0 Å². The lowest BCUT2D eigenvalue weighted by molar-refractivity contribution is -0.137. The molecule has 3 rings (SSSR count). The van der Waals surface area contributed by atoms with Crippen molar-refractivity contribution in [1.82, 2.24) is 19.6 Å². The van der Waals surface area contributed by atoms with Gasteiger partial charge >= 0.3 is 0 Å². The molecule has 21 heavy (non-hydrogen) atoms. The Kier molecular flexibility index (Phi) is 3.80. The van der Waals surface area contributed by atoms with Crippen LogP contribution in [0, 0.1) is 5.92 Å². The van der Waals surface area contributed by atoms with Crippen molar-refractivity contribution in [2.75, 3.05) is 33.2 Å². The zero-order valence-electron chi connectivity index (χ0n) is 12.7. The van der Waals surface area contributed by atoms with Gasteiger partial charge in [0.1, 0.15) is 0 Å². The van der Waals surface area contributed by atoms with Crippen LogP contribution in [0.4, 0.5) is 0 Å². The van der Waals surface area contributed by atoms with Crippen molar-refractivity contribution in [3.63, 3.8) is 0 Å². The molecule has 1 amide bonds. The first kappa shape index (κ1) is 14.3. The number of likely N-dealkylation sites (N-methyl/N-ethyl adjacent to an activating group) is 1. The van der Waals surface area contributed by atoms with Crippen LogP contribution in [0.15, 0.2) is 10.9 Å². The van der Waals surface area contributed by atoms with Crippen molar-refractivity contribution in [3.8, 4) is 0 Å². The number of amides is 1. The Morgan fingerprint density at radius 2 is 1.95 bits per heavy atom. The lowest BCUT2D eigenvalue weighted by Gasteiger charge is -2.35. The summed E-state index contributed by atoms with van der Waals surface area (Å²) in [6.07, 6.45) is 2.28. The number of aromatic nitrogens is 2. The summed E-state index contributed by atoms with van der Waals surface area (Å²) in [5.74, 6) is 0.254. The maximum Gasteiger partial charge on any atom is 0.266 e. The van der Waals surface area contributed by atoms with Gasteiger partial charge in [0, 0.05) is 45.2 Å². The maximum absolute atomic E-state index is 12.6. The molecule has 0 N–H and O–H groups in total. The standard InChI is InChI=1S/C15H22N4O2/c1-17-5-7-19(8-6-17)15(21)11-3-4-13-12(9-11)10-14(20)18(2)16-13/h10-11H,3-9H2,1-2H3. The highest BCUT2D eigenvalue weighted by atomic mass is 16.2. The average molecular weight is 290 g/mol. The fraction of sp³-hybridized carbons (Fsp3) is 0.667. The number of hydrogen-bond donors (Lipinski definition) is 0. The highest BCUT2D eigenvalue weighted by Crippen LogP contribution is 2.25. The molecule has 0 radical (unpaired) electrons. The number of rotatable bonds is 1. The second kappa shape index (κ2) is 5.60. The third kappa shape index (κ3) is 2.85. The van der Waals surface area contributed by atoms with Gasteiger partial charge in [-0.15, -0.1) is 0 Å². The van der Waals surface area contributed by atoms with Crippen molar-refractivity contribution < 1.29 is 4.79 Å². The van der Waals surface area contributed by atoms with Crippen molar-refractivity contribution in [2.45, 2.75) is 19.3 Å². The normalized spacial score (nSPS) is 23.0. The van der Waals surface area contributed by atoms with Crippen molar-refractivity contribution in [1.29, 1.82) is 0 Å². The Bertz CT molecular complexity index is 602. The Morgan fingerprint density at radius 3 is 2.67 bits per heavy atom. The molecule has 6 heteroatoms. The summed E-state index contributed by atoms with van der Waals surface area (Å²) in [6.45, 7) is 3.51. The van der Waals surface area contributed by atoms with E-state index < -0.39 is 0 Å². The molecule has 1 saturated heterocycles. The van der Waals surface area contributed by atoms with E-state index in [0.717, 1.165) is 50.3 Å². The minimum atomic E-state index is -0.0959. The molecule has 1 aliphatic heterocycles. The van der Waals surface area contributed by atoms with E-state index in [9.17, 15) is 9.59 Å². The molecular formula is C15H22N4O2. The van der Waals surface area contributed by atoms with E-state index >= 15 is 0 Å². The molecule has 1 aromatic heterocycles. The summed E-state index contributed by atoms with van der Waals surface area (Å²) in [4.78, 5) is 28.5. The van der Waals surface area contributed by atoms with Crippen LogP contribution in [-0.4, -0.2) is 58.7 Å². The molecule has 1 aromatic rings. The van der Waals surface area contributed by atoms with Crippen LogP contribution in [0.25, 0.3) is 0 Å². The summed E-state index contributed by atoms with van der Waals surface area (Å²) in [7, 11) is 3.75. The number of nitrogens with zero attached hydrogens (tertiary/aromatic N) is 4. The molecule has 0 bridgehead atoms. The average Bonchev–Trinajstić information content (AvgIpc) is 2.48. The molecule has 1 fully saturated rings. The zero-order valence-corrected chi connectivity index (χ0v) is 12.7. The Morgan fingerprint density at radius 1 is 1.24 bits per heavy atom. The SMILES string of the molecule is CN1CCN(C(=O)C2CCc3nn(C)c(=O)cc3C2)CC1. The van der Waals surface area contributed by atoms with Crippen molar-refractivity contribution >= 4 is 5.91 Å². The Labute approximate surface area is 124 Å². The first-order valence-corrected chi connectivity index (χ1v) is 7.58. The van der Waals surface area contributed by atoms with E-state index in [1.807, 2.05) is 4.90 Å². The summed E-state index contributed by atoms with van der Waals surface area (Å²) in [6, 6.07) is 1.64. The van der Waals surface area contributed by atoms with Gasteiger partial charge in [0.2, 0.25) is 5.91 Å². The van der Waals surface area contributed by atoms with E-state index in [-0.39, 0.29) is 17.4 Å². The van der Waals surface area contributed by atoms with E-state index in [0.29, 0.717) is 6.42 Å². The second-order valence-corrected chi connectivity index (χ2v) is 6.15. The van der Waals surface area contributed by atoms with Gasteiger partial charge in [0.25, 0.3) is 5.56 Å². The van der Waals surface area contributed by atoms with Crippen molar-refractivity contribution in [2.24, 2.45) is 13.0 Å². The van der Waals surface area contributed by atoms with Crippen LogP contribution in [0.1, 0.15) is 17.7 Å². The minimum Gasteiger partial charge on any atom is -0.340 e. The fourth-order valence-electron chi connectivity index (χ4n) is 3.18. The molecular weight excluding hydrogens is 268 g/mol. The van der Waals surface area contributed by atoms with Crippen LogP contribution in [0.3, 0.4) is 0 Å². The van der Waals surface area contributed by atoms with E-state index in [1.54, 1.807) is 13.1 Å². The predicted octanol–water partition coefficient (Wildman–Crippen LogP) is -0.341. The molecule has 114 valence electrons. The number of hydrogen-bond acceptors (Lipinski definition) is 4. The highest BCUT2D eigenvalue weighted by molar-refractivity contribution is 5.79. The quantitative estimate of drug-likeness (QED) is 0.710. The number of fused-ring (bicyclic) bond motifs is 1. The zero-order chi connectivity index (χ0) is 15.0. The lowest BCUT2D eigenvalue weighted by Crippen LogP contribution is -2.49. The van der Waals surface area contributed by atoms with E-state index in [2.05, 4.69) is 17.0 Å². The van der Waals surface area contributed by atoms with Crippen LogP contribution in [-0.2, 0) is 24.7 Å². The predicted molar refractivity (Wildman–Crippen MR) is 79.1 cm³/mol.